The molecule has 4 atom stereocenters. The van der Waals surface area contributed by atoms with Gasteiger partial charge in [0.05, 0.1) is 5.92 Å². The van der Waals surface area contributed by atoms with E-state index in [0.717, 1.165) is 12.1 Å². The Morgan fingerprint density at radius 3 is 2.62 bits per heavy atom. The number of hydrogen-bond donors (Lipinski definition) is 1. The molecule has 1 aromatic rings. The molecule has 2 fully saturated rings. The quantitative estimate of drug-likeness (QED) is 0.929. The molecule has 0 saturated heterocycles. The van der Waals surface area contributed by atoms with Crippen LogP contribution in [0.5, 0.6) is 0 Å². The molecule has 112 valence electrons. The van der Waals surface area contributed by atoms with Gasteiger partial charge in [0.1, 0.15) is 5.78 Å². The minimum atomic E-state index is -0.920. The van der Waals surface area contributed by atoms with E-state index in [9.17, 15) is 23.5 Å². The zero-order chi connectivity index (χ0) is 15.4. The predicted molar refractivity (Wildman–Crippen MR) is 70.5 cm³/mol. The normalized spacial score (nSPS) is 33.9. The summed E-state index contributed by atoms with van der Waals surface area (Å²) in [7, 11) is 0. The van der Waals surface area contributed by atoms with E-state index < -0.39 is 28.9 Å². The van der Waals surface area contributed by atoms with Gasteiger partial charge in [0.15, 0.2) is 11.6 Å². The molecule has 3 nitrogen and oxygen atoms in total. The van der Waals surface area contributed by atoms with Crippen LogP contribution in [0.2, 0.25) is 0 Å². The van der Waals surface area contributed by atoms with Crippen molar-refractivity contribution in [2.75, 3.05) is 0 Å². The van der Waals surface area contributed by atoms with Crippen LogP contribution >= 0.6 is 0 Å². The number of rotatable bonds is 4. The Morgan fingerprint density at radius 2 is 2.10 bits per heavy atom. The third-order valence-corrected chi connectivity index (χ3v) is 5.20. The zero-order valence-corrected chi connectivity index (χ0v) is 11.6. The molecule has 0 radical (unpaired) electrons. The first-order chi connectivity index (χ1) is 9.91. The lowest BCUT2D eigenvalue weighted by Gasteiger charge is -2.16. The minimum absolute atomic E-state index is 0.0212. The molecular formula is C16H16F2O3. The van der Waals surface area contributed by atoms with Crippen molar-refractivity contribution in [3.05, 3.63) is 35.4 Å². The van der Waals surface area contributed by atoms with Crippen molar-refractivity contribution >= 4 is 11.8 Å². The Morgan fingerprint density at radius 1 is 1.38 bits per heavy atom. The minimum Gasteiger partial charge on any atom is -0.481 e. The lowest BCUT2D eigenvalue weighted by molar-refractivity contribution is -0.142. The number of benzene rings is 1. The number of hydrogen-bond acceptors (Lipinski definition) is 2. The van der Waals surface area contributed by atoms with Crippen molar-refractivity contribution in [3.8, 4) is 0 Å². The van der Waals surface area contributed by atoms with E-state index >= 15 is 0 Å². The summed E-state index contributed by atoms with van der Waals surface area (Å²) < 4.78 is 26.1. The molecule has 21 heavy (non-hydrogen) atoms. The third kappa shape index (κ3) is 1.90. The van der Waals surface area contributed by atoms with Gasteiger partial charge in [0.25, 0.3) is 0 Å². The fourth-order valence-electron chi connectivity index (χ4n) is 4.17. The lowest BCUT2D eigenvalue weighted by atomic mass is 9.86. The predicted octanol–water partition coefficient (Wildman–Crippen LogP) is 2.82. The maximum absolute atomic E-state index is 13.2. The number of ketones is 1. The third-order valence-electron chi connectivity index (χ3n) is 5.20. The molecule has 3 rings (SSSR count). The average molecular weight is 294 g/mol. The molecule has 0 bridgehead atoms. The van der Waals surface area contributed by atoms with E-state index in [1.54, 1.807) is 0 Å². The summed E-state index contributed by atoms with van der Waals surface area (Å²) in [6.07, 6.45) is 1.41. The molecule has 2 aliphatic rings. The van der Waals surface area contributed by atoms with E-state index in [-0.39, 0.29) is 17.6 Å². The van der Waals surface area contributed by atoms with Crippen LogP contribution < -0.4 is 0 Å². The molecule has 0 amide bonds. The van der Waals surface area contributed by atoms with Gasteiger partial charge in [-0.25, -0.2) is 8.78 Å². The topological polar surface area (TPSA) is 54.4 Å². The lowest BCUT2D eigenvalue weighted by Crippen LogP contribution is -2.26. The van der Waals surface area contributed by atoms with Crippen molar-refractivity contribution in [1.82, 2.24) is 0 Å². The molecule has 2 saturated carbocycles. The Kier molecular flexibility index (Phi) is 3.11. The molecular weight excluding hydrogens is 278 g/mol. The average Bonchev–Trinajstić information content (AvgIpc) is 3.02. The van der Waals surface area contributed by atoms with Crippen LogP contribution in [0.3, 0.4) is 0 Å². The number of Topliss-reactive ketones (excluding diaryl/α,β-unsaturated/α-hetero) is 1. The van der Waals surface area contributed by atoms with Crippen LogP contribution in [0.25, 0.3) is 0 Å². The molecule has 0 aromatic heterocycles. The summed E-state index contributed by atoms with van der Waals surface area (Å²) in [6, 6.07) is 3.64. The highest BCUT2D eigenvalue weighted by Gasteiger charge is 2.75. The summed E-state index contributed by atoms with van der Waals surface area (Å²) >= 11 is 0. The van der Waals surface area contributed by atoms with Crippen molar-refractivity contribution in [2.24, 2.45) is 23.2 Å². The number of carboxylic acids is 1. The fourth-order valence-corrected chi connectivity index (χ4v) is 4.17. The first kappa shape index (κ1) is 14.2. The summed E-state index contributed by atoms with van der Waals surface area (Å²) in [4.78, 5) is 23.7. The zero-order valence-electron chi connectivity index (χ0n) is 11.6. The van der Waals surface area contributed by atoms with Crippen molar-refractivity contribution in [3.63, 3.8) is 0 Å². The van der Waals surface area contributed by atoms with E-state index in [2.05, 4.69) is 0 Å². The summed E-state index contributed by atoms with van der Waals surface area (Å²) in [6.45, 7) is 1.84. The number of halogens is 2. The summed E-state index contributed by atoms with van der Waals surface area (Å²) in [5, 5.41) is 9.17. The smallest absolute Gasteiger partial charge is 0.307 e. The second kappa shape index (κ2) is 4.61. The van der Waals surface area contributed by atoms with Gasteiger partial charge < -0.3 is 5.11 Å². The standard InChI is InChI=1S/C16H16F2O3/c1-2-16-10(13(16)15(20)21)7-9(14(16)19)5-8-3-4-11(17)12(18)6-8/h3-4,6,9-10,13H,2,5,7H2,1H3,(H,20,21). The highest BCUT2D eigenvalue weighted by Crippen LogP contribution is 2.69. The van der Waals surface area contributed by atoms with Crippen LogP contribution in [-0.2, 0) is 16.0 Å². The molecule has 1 N–H and O–H groups in total. The highest BCUT2D eigenvalue weighted by molar-refractivity contribution is 5.99. The first-order valence-corrected chi connectivity index (χ1v) is 7.12. The Hall–Kier alpha value is -1.78. The number of carbonyl (C=O) groups is 2. The molecule has 4 unspecified atom stereocenters. The van der Waals surface area contributed by atoms with Gasteiger partial charge in [-0.15, -0.1) is 0 Å². The second-order valence-electron chi connectivity index (χ2n) is 6.07. The molecule has 5 heteroatoms. The van der Waals surface area contributed by atoms with Crippen LogP contribution in [0.15, 0.2) is 18.2 Å². The Labute approximate surface area is 121 Å². The molecule has 0 spiro atoms. The van der Waals surface area contributed by atoms with Gasteiger partial charge >= 0.3 is 5.97 Å². The monoisotopic (exact) mass is 294 g/mol. The van der Waals surface area contributed by atoms with Crippen LogP contribution in [0.1, 0.15) is 25.3 Å². The van der Waals surface area contributed by atoms with E-state index in [0.29, 0.717) is 24.8 Å². The van der Waals surface area contributed by atoms with Gasteiger partial charge in [0, 0.05) is 11.3 Å². The van der Waals surface area contributed by atoms with Crippen LogP contribution in [-0.4, -0.2) is 16.9 Å². The van der Waals surface area contributed by atoms with Crippen molar-refractivity contribution < 1.29 is 23.5 Å². The molecule has 1 aromatic carbocycles. The molecule has 0 aliphatic heterocycles. The van der Waals surface area contributed by atoms with Gasteiger partial charge in [0.2, 0.25) is 0 Å². The maximum Gasteiger partial charge on any atom is 0.307 e. The van der Waals surface area contributed by atoms with Crippen LogP contribution in [0, 0.1) is 34.8 Å². The molecule has 0 heterocycles. The Bertz CT molecular complexity index is 628. The molecule has 2 aliphatic carbocycles. The highest BCUT2D eigenvalue weighted by atomic mass is 19.2. The first-order valence-electron chi connectivity index (χ1n) is 7.12. The number of carboxylic acid groups (broad SMARTS) is 1. The van der Waals surface area contributed by atoms with E-state index in [1.807, 2.05) is 6.92 Å². The Balaban J connectivity index is 1.77. The summed E-state index contributed by atoms with van der Waals surface area (Å²) in [5.74, 6) is -3.69. The summed E-state index contributed by atoms with van der Waals surface area (Å²) in [5.41, 5.74) is -0.138. The SMILES string of the molecule is CCC12C(=O)C(Cc3ccc(F)c(F)c3)CC1C2C(=O)O. The van der Waals surface area contributed by atoms with E-state index in [4.69, 9.17) is 0 Å². The number of fused-ring (bicyclic) bond motifs is 1. The second-order valence-corrected chi connectivity index (χ2v) is 6.07. The fraction of sp³-hybridized carbons (Fsp3) is 0.500. The van der Waals surface area contributed by atoms with Crippen molar-refractivity contribution in [2.45, 2.75) is 26.2 Å². The van der Waals surface area contributed by atoms with Gasteiger partial charge in [-0.05, 0) is 42.9 Å². The van der Waals surface area contributed by atoms with Gasteiger partial charge in [-0.3, -0.25) is 9.59 Å². The number of carbonyl (C=O) groups excluding carboxylic acids is 1. The van der Waals surface area contributed by atoms with Gasteiger partial charge in [-0.2, -0.15) is 0 Å². The number of aliphatic carboxylic acids is 1. The van der Waals surface area contributed by atoms with Gasteiger partial charge in [-0.1, -0.05) is 13.0 Å². The largest absolute Gasteiger partial charge is 0.481 e. The van der Waals surface area contributed by atoms with Crippen LogP contribution in [0.4, 0.5) is 8.78 Å². The van der Waals surface area contributed by atoms with Crippen molar-refractivity contribution in [1.29, 1.82) is 0 Å². The van der Waals surface area contributed by atoms with E-state index in [1.165, 1.54) is 6.07 Å². The maximum atomic E-state index is 13.2.